The third kappa shape index (κ3) is 4.13. The molecule has 1 aliphatic carbocycles. The third-order valence-electron chi connectivity index (χ3n) is 5.02. The fourth-order valence-electron chi connectivity index (χ4n) is 3.59. The fourth-order valence-corrected chi connectivity index (χ4v) is 3.59. The van der Waals surface area contributed by atoms with Crippen molar-refractivity contribution in [2.75, 3.05) is 26.1 Å². The van der Waals surface area contributed by atoms with E-state index in [4.69, 9.17) is 9.47 Å². The Hall–Kier alpha value is -2.83. The quantitative estimate of drug-likeness (QED) is 0.587. The zero-order valence-electron chi connectivity index (χ0n) is 15.6. The molecular weight excluding hydrogens is 348 g/mol. The summed E-state index contributed by atoms with van der Waals surface area (Å²) in [5, 5.41) is 2.79. The van der Waals surface area contributed by atoms with Crippen LogP contribution >= 0.6 is 0 Å². The van der Waals surface area contributed by atoms with Gasteiger partial charge >= 0.3 is 0 Å². The van der Waals surface area contributed by atoms with Crippen LogP contribution in [0.2, 0.25) is 0 Å². The molecule has 2 aliphatic rings. The highest BCUT2D eigenvalue weighted by atomic mass is 16.5. The molecule has 144 valence electrons. The van der Waals surface area contributed by atoms with E-state index in [-0.39, 0.29) is 42.5 Å². The molecule has 1 aromatic rings. The number of allylic oxidation sites excluding steroid dienone is 2. The first kappa shape index (κ1) is 18.9. The van der Waals surface area contributed by atoms with Crippen molar-refractivity contribution in [3.63, 3.8) is 0 Å². The summed E-state index contributed by atoms with van der Waals surface area (Å²) in [7, 11) is 3.08. The maximum atomic E-state index is 12.4. The number of nitrogens with one attached hydrogen (secondary N) is 1. The summed E-state index contributed by atoms with van der Waals surface area (Å²) in [6.07, 6.45) is 5.83. The lowest BCUT2D eigenvalue weighted by Crippen LogP contribution is -2.32. The van der Waals surface area contributed by atoms with Crippen molar-refractivity contribution >= 4 is 23.4 Å². The predicted octanol–water partition coefficient (Wildman–Crippen LogP) is 2.37. The largest absolute Gasteiger partial charge is 0.497 e. The smallest absolute Gasteiger partial charge is 0.233 e. The lowest BCUT2D eigenvalue weighted by atomic mass is 9.85. The van der Waals surface area contributed by atoms with Crippen LogP contribution in [-0.4, -0.2) is 43.4 Å². The topological polar surface area (TPSA) is 84.9 Å². The molecule has 0 saturated carbocycles. The van der Waals surface area contributed by atoms with Crippen LogP contribution in [0.15, 0.2) is 30.4 Å². The Balaban J connectivity index is 1.51. The second-order valence-electron chi connectivity index (χ2n) is 6.74. The highest BCUT2D eigenvalue weighted by Gasteiger charge is 2.46. The zero-order valence-corrected chi connectivity index (χ0v) is 15.6. The van der Waals surface area contributed by atoms with Crippen LogP contribution in [0.3, 0.4) is 0 Å². The Morgan fingerprint density at radius 3 is 2.11 bits per heavy atom. The SMILES string of the molecule is COc1cc(NC(=O)CCCN2C(=O)[C@@H]3CC=CC[C@H]3C2=O)cc(OC)c1. The van der Waals surface area contributed by atoms with E-state index < -0.39 is 0 Å². The molecule has 1 heterocycles. The molecule has 2 atom stereocenters. The average Bonchev–Trinajstić information content (AvgIpc) is 2.92. The maximum Gasteiger partial charge on any atom is 0.233 e. The van der Waals surface area contributed by atoms with E-state index >= 15 is 0 Å². The monoisotopic (exact) mass is 372 g/mol. The van der Waals surface area contributed by atoms with Gasteiger partial charge in [0, 0.05) is 36.9 Å². The number of anilines is 1. The van der Waals surface area contributed by atoms with Crippen LogP contribution in [0.1, 0.15) is 25.7 Å². The van der Waals surface area contributed by atoms with Crippen molar-refractivity contribution < 1.29 is 23.9 Å². The van der Waals surface area contributed by atoms with E-state index in [0.717, 1.165) is 0 Å². The van der Waals surface area contributed by atoms with Gasteiger partial charge in [0.1, 0.15) is 11.5 Å². The van der Waals surface area contributed by atoms with E-state index in [2.05, 4.69) is 5.32 Å². The van der Waals surface area contributed by atoms with E-state index in [1.165, 1.54) is 19.1 Å². The van der Waals surface area contributed by atoms with Crippen molar-refractivity contribution in [2.24, 2.45) is 11.8 Å². The van der Waals surface area contributed by atoms with Crippen LogP contribution in [0, 0.1) is 11.8 Å². The van der Waals surface area contributed by atoms with Gasteiger partial charge in [-0.25, -0.2) is 0 Å². The molecule has 7 nitrogen and oxygen atoms in total. The number of hydrogen-bond acceptors (Lipinski definition) is 5. The van der Waals surface area contributed by atoms with E-state index in [1.807, 2.05) is 12.2 Å². The molecule has 0 bridgehead atoms. The summed E-state index contributed by atoms with van der Waals surface area (Å²) in [6.45, 7) is 0.277. The number of carbonyl (C=O) groups is 3. The standard InChI is InChI=1S/C20H24N2O5/c1-26-14-10-13(11-15(12-14)27-2)21-18(23)8-5-9-22-19(24)16-6-3-4-7-17(16)20(22)25/h3-4,10-12,16-17H,5-9H2,1-2H3,(H,21,23)/t16-,17-/m1/s1. The molecule has 0 unspecified atom stereocenters. The summed E-state index contributed by atoms with van der Waals surface area (Å²) in [4.78, 5) is 38.3. The van der Waals surface area contributed by atoms with Crippen LogP contribution < -0.4 is 14.8 Å². The van der Waals surface area contributed by atoms with Crippen LogP contribution in [0.4, 0.5) is 5.69 Å². The molecule has 0 radical (unpaired) electrons. The summed E-state index contributed by atoms with van der Waals surface area (Å²) in [5.41, 5.74) is 0.571. The maximum absolute atomic E-state index is 12.4. The normalized spacial score (nSPS) is 21.2. The van der Waals surface area contributed by atoms with Crippen LogP contribution in [0.25, 0.3) is 0 Å². The number of rotatable bonds is 7. The van der Waals surface area contributed by atoms with Crippen molar-refractivity contribution in [3.05, 3.63) is 30.4 Å². The minimum Gasteiger partial charge on any atom is -0.497 e. The van der Waals surface area contributed by atoms with Crippen molar-refractivity contribution in [1.82, 2.24) is 4.90 Å². The molecule has 1 saturated heterocycles. The third-order valence-corrected chi connectivity index (χ3v) is 5.02. The van der Waals surface area contributed by atoms with Gasteiger partial charge in [0.15, 0.2) is 0 Å². The van der Waals surface area contributed by atoms with Gasteiger partial charge in [0.25, 0.3) is 0 Å². The number of methoxy groups -OCH3 is 2. The van der Waals surface area contributed by atoms with E-state index in [0.29, 0.717) is 36.4 Å². The van der Waals surface area contributed by atoms with Gasteiger partial charge in [-0.1, -0.05) is 12.2 Å². The molecule has 3 amide bonds. The van der Waals surface area contributed by atoms with Gasteiger partial charge in [-0.05, 0) is 19.3 Å². The molecule has 27 heavy (non-hydrogen) atoms. The van der Waals surface area contributed by atoms with E-state index in [9.17, 15) is 14.4 Å². The number of ether oxygens (including phenoxy) is 2. The van der Waals surface area contributed by atoms with Gasteiger partial charge in [-0.15, -0.1) is 0 Å². The second kappa shape index (κ2) is 8.24. The van der Waals surface area contributed by atoms with Gasteiger partial charge in [-0.3, -0.25) is 19.3 Å². The number of fused-ring (bicyclic) bond motifs is 1. The number of nitrogens with zero attached hydrogens (tertiary/aromatic N) is 1. The molecule has 3 rings (SSSR count). The van der Waals surface area contributed by atoms with Crippen LogP contribution in [-0.2, 0) is 14.4 Å². The van der Waals surface area contributed by atoms with Crippen molar-refractivity contribution in [2.45, 2.75) is 25.7 Å². The predicted molar refractivity (Wildman–Crippen MR) is 99.5 cm³/mol. The Bertz CT molecular complexity index is 725. The molecule has 1 aromatic carbocycles. The highest BCUT2D eigenvalue weighted by Crippen LogP contribution is 2.35. The number of carbonyl (C=O) groups excluding carboxylic acids is 3. The molecule has 0 spiro atoms. The zero-order chi connectivity index (χ0) is 19.4. The summed E-state index contributed by atoms with van der Waals surface area (Å²) >= 11 is 0. The number of likely N-dealkylation sites (tertiary alicyclic amines) is 1. The Morgan fingerprint density at radius 2 is 1.59 bits per heavy atom. The molecule has 1 N–H and O–H groups in total. The van der Waals surface area contributed by atoms with Gasteiger partial charge < -0.3 is 14.8 Å². The first-order valence-electron chi connectivity index (χ1n) is 9.06. The summed E-state index contributed by atoms with van der Waals surface area (Å²) in [6, 6.07) is 5.12. The second-order valence-corrected chi connectivity index (χ2v) is 6.74. The average molecular weight is 372 g/mol. The number of benzene rings is 1. The Labute approximate surface area is 158 Å². The Kier molecular flexibility index (Phi) is 5.78. The van der Waals surface area contributed by atoms with Crippen molar-refractivity contribution in [1.29, 1.82) is 0 Å². The minimum absolute atomic E-state index is 0.104. The first-order chi connectivity index (χ1) is 13.0. The molecule has 7 heteroatoms. The minimum atomic E-state index is -0.222. The Morgan fingerprint density at radius 1 is 1.04 bits per heavy atom. The highest BCUT2D eigenvalue weighted by molar-refractivity contribution is 6.05. The summed E-state index contributed by atoms with van der Waals surface area (Å²) < 4.78 is 10.4. The van der Waals surface area contributed by atoms with E-state index in [1.54, 1.807) is 18.2 Å². The molecule has 1 aliphatic heterocycles. The lowest BCUT2D eigenvalue weighted by Gasteiger charge is -2.14. The number of hydrogen-bond donors (Lipinski definition) is 1. The summed E-state index contributed by atoms with van der Waals surface area (Å²) in [5.74, 6) is 0.312. The van der Waals surface area contributed by atoms with Crippen LogP contribution in [0.5, 0.6) is 11.5 Å². The fraction of sp³-hybridized carbons (Fsp3) is 0.450. The molecule has 0 aromatic heterocycles. The molecule has 1 fully saturated rings. The van der Waals surface area contributed by atoms with Gasteiger partial charge in [0.05, 0.1) is 26.1 Å². The molecular formula is C20H24N2O5. The number of amides is 3. The first-order valence-corrected chi connectivity index (χ1v) is 9.06. The number of imide groups is 1. The van der Waals surface area contributed by atoms with Gasteiger partial charge in [-0.2, -0.15) is 0 Å². The van der Waals surface area contributed by atoms with Crippen molar-refractivity contribution in [3.8, 4) is 11.5 Å². The van der Waals surface area contributed by atoms with Gasteiger partial charge in [0.2, 0.25) is 17.7 Å². The lowest BCUT2D eigenvalue weighted by molar-refractivity contribution is -0.140.